The summed E-state index contributed by atoms with van der Waals surface area (Å²) in [5.41, 5.74) is 4.44. The molecule has 0 aliphatic carbocycles. The molecular formula is C20H14N2O. The second-order valence-electron chi connectivity index (χ2n) is 5.47. The molecule has 4 rings (SSSR count). The van der Waals surface area contributed by atoms with E-state index in [1.807, 2.05) is 61.6 Å². The Hall–Kier alpha value is -3.25. The SMILES string of the molecule is CN(c1ccc(C#N)cc1)c1cccc2c1oc1ccccc12. The number of rotatable bonds is 2. The largest absolute Gasteiger partial charge is 0.454 e. The molecule has 110 valence electrons. The molecule has 0 aliphatic rings. The third-order valence-corrected chi connectivity index (χ3v) is 4.13. The number of fused-ring (bicyclic) bond motifs is 3. The van der Waals surface area contributed by atoms with E-state index >= 15 is 0 Å². The van der Waals surface area contributed by atoms with Gasteiger partial charge in [0.05, 0.1) is 17.3 Å². The highest BCUT2D eigenvalue weighted by Crippen LogP contribution is 2.36. The van der Waals surface area contributed by atoms with Crippen molar-refractivity contribution >= 4 is 33.3 Å². The number of nitrogens with zero attached hydrogens (tertiary/aromatic N) is 2. The van der Waals surface area contributed by atoms with Crippen LogP contribution in [0.3, 0.4) is 0 Å². The topological polar surface area (TPSA) is 40.2 Å². The van der Waals surface area contributed by atoms with Crippen LogP contribution in [0.2, 0.25) is 0 Å². The predicted octanol–water partition coefficient (Wildman–Crippen LogP) is 5.23. The van der Waals surface area contributed by atoms with Crippen molar-refractivity contribution in [1.82, 2.24) is 0 Å². The molecule has 3 nitrogen and oxygen atoms in total. The summed E-state index contributed by atoms with van der Waals surface area (Å²) in [4.78, 5) is 2.08. The molecule has 0 spiro atoms. The molecule has 23 heavy (non-hydrogen) atoms. The van der Waals surface area contributed by atoms with Crippen LogP contribution >= 0.6 is 0 Å². The van der Waals surface area contributed by atoms with E-state index in [-0.39, 0.29) is 0 Å². The standard InChI is InChI=1S/C20H14N2O/c1-22(15-11-9-14(13-21)10-12-15)18-7-4-6-17-16-5-2-3-8-19(16)23-20(17)18/h2-12H,1H3. The third kappa shape index (κ3) is 2.13. The number of para-hydroxylation sites is 2. The normalized spacial score (nSPS) is 10.8. The van der Waals surface area contributed by atoms with Crippen molar-refractivity contribution in [2.45, 2.75) is 0 Å². The number of furan rings is 1. The Balaban J connectivity index is 1.89. The lowest BCUT2D eigenvalue weighted by Crippen LogP contribution is -2.09. The molecule has 0 N–H and O–H groups in total. The molecule has 0 saturated carbocycles. The summed E-state index contributed by atoms with van der Waals surface area (Å²) in [6, 6.07) is 23.9. The zero-order chi connectivity index (χ0) is 15.8. The Morgan fingerprint density at radius 1 is 0.870 bits per heavy atom. The summed E-state index contributed by atoms with van der Waals surface area (Å²) in [5.74, 6) is 0. The van der Waals surface area contributed by atoms with Gasteiger partial charge in [0.1, 0.15) is 5.58 Å². The van der Waals surface area contributed by atoms with E-state index in [0.717, 1.165) is 33.3 Å². The summed E-state index contributed by atoms with van der Waals surface area (Å²) >= 11 is 0. The van der Waals surface area contributed by atoms with E-state index in [0.29, 0.717) is 5.56 Å². The van der Waals surface area contributed by atoms with Gasteiger partial charge in [-0.15, -0.1) is 0 Å². The van der Waals surface area contributed by atoms with Gasteiger partial charge in [-0.1, -0.05) is 30.3 Å². The second kappa shape index (κ2) is 5.19. The summed E-state index contributed by atoms with van der Waals surface area (Å²) in [7, 11) is 2.00. The molecule has 0 saturated heterocycles. The summed E-state index contributed by atoms with van der Waals surface area (Å²) in [6.07, 6.45) is 0. The minimum Gasteiger partial charge on any atom is -0.454 e. The number of nitriles is 1. The summed E-state index contributed by atoms with van der Waals surface area (Å²) < 4.78 is 6.08. The van der Waals surface area contributed by atoms with Gasteiger partial charge in [0.15, 0.2) is 5.58 Å². The molecule has 0 bridgehead atoms. The first-order valence-corrected chi connectivity index (χ1v) is 7.42. The van der Waals surface area contributed by atoms with Crippen LogP contribution in [0, 0.1) is 11.3 Å². The second-order valence-corrected chi connectivity index (χ2v) is 5.47. The van der Waals surface area contributed by atoms with Crippen molar-refractivity contribution in [2.75, 3.05) is 11.9 Å². The minimum absolute atomic E-state index is 0.657. The molecule has 1 aromatic heterocycles. The van der Waals surface area contributed by atoms with Crippen molar-refractivity contribution in [3.05, 3.63) is 72.3 Å². The maximum absolute atomic E-state index is 8.93. The molecule has 0 unspecified atom stereocenters. The Morgan fingerprint density at radius 3 is 2.39 bits per heavy atom. The van der Waals surface area contributed by atoms with Gasteiger partial charge in [-0.05, 0) is 36.4 Å². The van der Waals surface area contributed by atoms with Gasteiger partial charge in [0, 0.05) is 23.5 Å². The van der Waals surface area contributed by atoms with E-state index < -0.39 is 0 Å². The minimum atomic E-state index is 0.657. The quantitative estimate of drug-likeness (QED) is 0.509. The number of hydrogen-bond acceptors (Lipinski definition) is 3. The molecule has 0 amide bonds. The van der Waals surface area contributed by atoms with E-state index in [4.69, 9.17) is 9.68 Å². The van der Waals surface area contributed by atoms with Crippen LogP contribution < -0.4 is 4.90 Å². The highest BCUT2D eigenvalue weighted by atomic mass is 16.3. The van der Waals surface area contributed by atoms with Crippen LogP contribution in [0.4, 0.5) is 11.4 Å². The Morgan fingerprint density at radius 2 is 1.61 bits per heavy atom. The van der Waals surface area contributed by atoms with Crippen LogP contribution in [-0.4, -0.2) is 7.05 Å². The summed E-state index contributed by atoms with van der Waals surface area (Å²) in [6.45, 7) is 0. The zero-order valence-corrected chi connectivity index (χ0v) is 12.7. The first-order chi connectivity index (χ1) is 11.3. The third-order valence-electron chi connectivity index (χ3n) is 4.13. The van der Waals surface area contributed by atoms with E-state index in [1.54, 1.807) is 0 Å². The molecule has 0 fully saturated rings. The number of anilines is 2. The van der Waals surface area contributed by atoms with Gasteiger partial charge in [0.25, 0.3) is 0 Å². The lowest BCUT2D eigenvalue weighted by Gasteiger charge is -2.19. The molecule has 3 aromatic carbocycles. The van der Waals surface area contributed by atoms with Crippen LogP contribution in [0.25, 0.3) is 21.9 Å². The van der Waals surface area contributed by atoms with Crippen molar-refractivity contribution < 1.29 is 4.42 Å². The van der Waals surface area contributed by atoms with E-state index in [9.17, 15) is 0 Å². The fraction of sp³-hybridized carbons (Fsp3) is 0.0500. The van der Waals surface area contributed by atoms with Gasteiger partial charge in [-0.2, -0.15) is 5.26 Å². The molecule has 1 heterocycles. The van der Waals surface area contributed by atoms with Crippen LogP contribution in [-0.2, 0) is 0 Å². The van der Waals surface area contributed by atoms with E-state index in [2.05, 4.69) is 23.1 Å². The Kier molecular flexibility index (Phi) is 3.03. The molecule has 0 atom stereocenters. The fourth-order valence-electron chi connectivity index (χ4n) is 2.90. The predicted molar refractivity (Wildman–Crippen MR) is 92.9 cm³/mol. The number of benzene rings is 3. The lowest BCUT2D eigenvalue weighted by atomic mass is 10.1. The zero-order valence-electron chi connectivity index (χ0n) is 12.7. The van der Waals surface area contributed by atoms with Gasteiger partial charge < -0.3 is 9.32 Å². The average Bonchev–Trinajstić information content (AvgIpc) is 3.00. The highest BCUT2D eigenvalue weighted by molar-refractivity contribution is 6.09. The van der Waals surface area contributed by atoms with Crippen molar-refractivity contribution in [3.8, 4) is 6.07 Å². The molecule has 3 heteroatoms. The first kappa shape index (κ1) is 13.4. The maximum Gasteiger partial charge on any atom is 0.159 e. The Bertz CT molecular complexity index is 1040. The summed E-state index contributed by atoms with van der Waals surface area (Å²) in [5, 5.41) is 11.2. The maximum atomic E-state index is 8.93. The van der Waals surface area contributed by atoms with Crippen molar-refractivity contribution in [3.63, 3.8) is 0 Å². The van der Waals surface area contributed by atoms with Crippen molar-refractivity contribution in [2.24, 2.45) is 0 Å². The molecule has 0 radical (unpaired) electrons. The average molecular weight is 298 g/mol. The first-order valence-electron chi connectivity index (χ1n) is 7.42. The van der Waals surface area contributed by atoms with Gasteiger partial charge >= 0.3 is 0 Å². The fourth-order valence-corrected chi connectivity index (χ4v) is 2.90. The van der Waals surface area contributed by atoms with E-state index in [1.165, 1.54) is 0 Å². The smallest absolute Gasteiger partial charge is 0.159 e. The van der Waals surface area contributed by atoms with Crippen LogP contribution in [0.5, 0.6) is 0 Å². The highest BCUT2D eigenvalue weighted by Gasteiger charge is 2.14. The van der Waals surface area contributed by atoms with Gasteiger partial charge in [-0.3, -0.25) is 0 Å². The van der Waals surface area contributed by atoms with Crippen LogP contribution in [0.1, 0.15) is 5.56 Å². The van der Waals surface area contributed by atoms with Gasteiger partial charge in [0.2, 0.25) is 0 Å². The number of hydrogen-bond donors (Lipinski definition) is 0. The van der Waals surface area contributed by atoms with Crippen LogP contribution in [0.15, 0.2) is 71.1 Å². The molecule has 4 aromatic rings. The monoisotopic (exact) mass is 298 g/mol. The lowest BCUT2D eigenvalue weighted by molar-refractivity contribution is 0.668. The molecular weight excluding hydrogens is 284 g/mol. The Labute approximate surface area is 134 Å². The van der Waals surface area contributed by atoms with Gasteiger partial charge in [-0.25, -0.2) is 0 Å². The molecule has 0 aliphatic heterocycles. The van der Waals surface area contributed by atoms with Crippen molar-refractivity contribution in [1.29, 1.82) is 5.26 Å².